The number of nitrogens with zero attached hydrogens (tertiary/aromatic N) is 2. The summed E-state index contributed by atoms with van der Waals surface area (Å²) < 4.78 is 43.8. The molecule has 4 nitrogen and oxygen atoms in total. The van der Waals surface area contributed by atoms with Crippen molar-refractivity contribution in [1.82, 2.24) is 4.98 Å². The zero-order valence-electron chi connectivity index (χ0n) is 9.73. The number of hydrogen-bond donors (Lipinski definition) is 0. The van der Waals surface area contributed by atoms with Gasteiger partial charge in [0.15, 0.2) is 5.82 Å². The largest absolute Gasteiger partial charge is 0.423 e. The first kappa shape index (κ1) is 13.5. The SMILES string of the molecule is N#Cc1ccc(OC(=O)c2cc(F)nc(F)c2F)cc1. The minimum absolute atomic E-state index is 0.00558. The molecule has 0 fully saturated rings. The average Bonchev–Trinajstić information content (AvgIpc) is 2.43. The summed E-state index contributed by atoms with van der Waals surface area (Å²) in [5.41, 5.74) is -0.573. The number of hydrogen-bond acceptors (Lipinski definition) is 4. The fraction of sp³-hybridized carbons (Fsp3) is 0. The molecule has 0 bridgehead atoms. The van der Waals surface area contributed by atoms with E-state index >= 15 is 0 Å². The fourth-order valence-electron chi connectivity index (χ4n) is 1.38. The van der Waals surface area contributed by atoms with Crippen molar-refractivity contribution in [2.75, 3.05) is 0 Å². The Labute approximate surface area is 111 Å². The van der Waals surface area contributed by atoms with Crippen molar-refractivity contribution in [3.63, 3.8) is 0 Å². The molecule has 0 unspecified atom stereocenters. The lowest BCUT2D eigenvalue weighted by Crippen LogP contribution is -2.13. The number of esters is 1. The third kappa shape index (κ3) is 2.75. The molecule has 0 saturated heterocycles. The van der Waals surface area contributed by atoms with Crippen molar-refractivity contribution in [3.8, 4) is 11.8 Å². The van der Waals surface area contributed by atoms with Crippen LogP contribution < -0.4 is 4.74 Å². The Bertz CT molecular complexity index is 709. The number of halogens is 3. The van der Waals surface area contributed by atoms with Crippen molar-refractivity contribution in [1.29, 1.82) is 5.26 Å². The molecule has 0 spiro atoms. The standard InChI is InChI=1S/C13H5F3N2O2/c14-10-5-9(11(15)12(16)18-10)13(19)20-8-3-1-7(6-17)2-4-8/h1-5H. The zero-order valence-corrected chi connectivity index (χ0v) is 9.73. The van der Waals surface area contributed by atoms with Gasteiger partial charge in [-0.3, -0.25) is 0 Å². The molecular formula is C13H5F3N2O2. The van der Waals surface area contributed by atoms with Crippen LogP contribution in [0.25, 0.3) is 0 Å². The number of nitriles is 1. The van der Waals surface area contributed by atoms with Gasteiger partial charge < -0.3 is 4.74 Å². The zero-order chi connectivity index (χ0) is 14.7. The molecule has 100 valence electrons. The van der Waals surface area contributed by atoms with E-state index in [0.717, 1.165) is 0 Å². The predicted octanol–water partition coefficient (Wildman–Crippen LogP) is 2.59. The normalized spacial score (nSPS) is 9.90. The van der Waals surface area contributed by atoms with Gasteiger partial charge in [0.2, 0.25) is 5.95 Å². The van der Waals surface area contributed by atoms with Crippen LogP contribution in [0.3, 0.4) is 0 Å². The molecule has 0 aliphatic heterocycles. The molecule has 0 aliphatic rings. The maximum atomic E-state index is 13.3. The first-order valence-corrected chi connectivity index (χ1v) is 5.25. The predicted molar refractivity (Wildman–Crippen MR) is 60.2 cm³/mol. The minimum atomic E-state index is -1.73. The van der Waals surface area contributed by atoms with E-state index in [1.807, 2.05) is 6.07 Å². The summed E-state index contributed by atoms with van der Waals surface area (Å²) >= 11 is 0. The number of carbonyl (C=O) groups excluding carboxylic acids is 1. The maximum absolute atomic E-state index is 13.3. The highest BCUT2D eigenvalue weighted by Gasteiger charge is 2.20. The molecule has 1 heterocycles. The van der Waals surface area contributed by atoms with Crippen LogP contribution >= 0.6 is 0 Å². The van der Waals surface area contributed by atoms with Gasteiger partial charge in [-0.1, -0.05) is 0 Å². The molecule has 20 heavy (non-hydrogen) atoms. The lowest BCUT2D eigenvalue weighted by Gasteiger charge is -2.05. The highest BCUT2D eigenvalue weighted by molar-refractivity contribution is 5.91. The first-order chi connectivity index (χ1) is 9.51. The number of ether oxygens (including phenoxy) is 1. The summed E-state index contributed by atoms with van der Waals surface area (Å²) in [5.74, 6) is -5.92. The monoisotopic (exact) mass is 278 g/mol. The van der Waals surface area contributed by atoms with Crippen LogP contribution in [0.2, 0.25) is 0 Å². The maximum Gasteiger partial charge on any atom is 0.346 e. The summed E-state index contributed by atoms with van der Waals surface area (Å²) in [4.78, 5) is 14.2. The Balaban J connectivity index is 2.26. The Morgan fingerprint density at radius 2 is 1.85 bits per heavy atom. The molecule has 0 aliphatic carbocycles. The highest BCUT2D eigenvalue weighted by atomic mass is 19.2. The smallest absolute Gasteiger partial charge is 0.346 e. The number of benzene rings is 1. The van der Waals surface area contributed by atoms with Gasteiger partial charge in [-0.15, -0.1) is 0 Å². The minimum Gasteiger partial charge on any atom is -0.423 e. The van der Waals surface area contributed by atoms with E-state index in [0.29, 0.717) is 11.6 Å². The first-order valence-electron chi connectivity index (χ1n) is 5.25. The number of aromatic nitrogens is 1. The van der Waals surface area contributed by atoms with Gasteiger partial charge in [-0.2, -0.15) is 19.0 Å². The molecular weight excluding hydrogens is 273 g/mol. The van der Waals surface area contributed by atoms with E-state index in [2.05, 4.69) is 4.98 Å². The van der Waals surface area contributed by atoms with Crippen LogP contribution in [0, 0.1) is 29.0 Å². The Morgan fingerprint density at radius 1 is 1.20 bits per heavy atom. The Hall–Kier alpha value is -2.88. The Kier molecular flexibility index (Phi) is 3.66. The summed E-state index contributed by atoms with van der Waals surface area (Å²) in [6, 6.07) is 7.61. The summed E-state index contributed by atoms with van der Waals surface area (Å²) in [6.45, 7) is 0. The van der Waals surface area contributed by atoms with E-state index in [9.17, 15) is 18.0 Å². The number of pyridine rings is 1. The van der Waals surface area contributed by atoms with Gasteiger partial charge in [0, 0.05) is 6.07 Å². The van der Waals surface area contributed by atoms with E-state index < -0.39 is 29.2 Å². The third-order valence-corrected chi connectivity index (χ3v) is 2.30. The van der Waals surface area contributed by atoms with Crippen LogP contribution in [-0.4, -0.2) is 11.0 Å². The van der Waals surface area contributed by atoms with Gasteiger partial charge in [0.1, 0.15) is 11.3 Å². The molecule has 0 amide bonds. The van der Waals surface area contributed by atoms with E-state index in [1.165, 1.54) is 24.3 Å². The van der Waals surface area contributed by atoms with Crippen LogP contribution in [0.15, 0.2) is 30.3 Å². The highest BCUT2D eigenvalue weighted by Crippen LogP contribution is 2.17. The molecule has 1 aromatic heterocycles. The molecule has 0 N–H and O–H groups in total. The van der Waals surface area contributed by atoms with Gasteiger partial charge in [-0.05, 0) is 24.3 Å². The Morgan fingerprint density at radius 3 is 2.45 bits per heavy atom. The molecule has 0 saturated carbocycles. The number of carbonyl (C=O) groups is 1. The summed E-state index contributed by atoms with van der Waals surface area (Å²) in [6.07, 6.45) is 0. The van der Waals surface area contributed by atoms with Gasteiger partial charge in [0.05, 0.1) is 11.6 Å². The van der Waals surface area contributed by atoms with Gasteiger partial charge >= 0.3 is 5.97 Å². The summed E-state index contributed by atoms with van der Waals surface area (Å²) in [5, 5.41) is 8.59. The van der Waals surface area contributed by atoms with Crippen LogP contribution in [0.5, 0.6) is 5.75 Å². The molecule has 0 radical (unpaired) electrons. The quantitative estimate of drug-likeness (QED) is 0.481. The second kappa shape index (κ2) is 5.40. The van der Waals surface area contributed by atoms with Gasteiger partial charge in [0.25, 0.3) is 5.95 Å². The van der Waals surface area contributed by atoms with E-state index in [4.69, 9.17) is 10.00 Å². The fourth-order valence-corrected chi connectivity index (χ4v) is 1.38. The molecule has 1 aromatic carbocycles. The van der Waals surface area contributed by atoms with Crippen LogP contribution in [0.4, 0.5) is 13.2 Å². The third-order valence-electron chi connectivity index (χ3n) is 2.30. The van der Waals surface area contributed by atoms with Crippen molar-refractivity contribution in [2.45, 2.75) is 0 Å². The van der Waals surface area contributed by atoms with Crippen molar-refractivity contribution in [3.05, 3.63) is 59.2 Å². The van der Waals surface area contributed by atoms with Crippen molar-refractivity contribution < 1.29 is 22.7 Å². The lowest BCUT2D eigenvalue weighted by atomic mass is 10.2. The van der Waals surface area contributed by atoms with Crippen LogP contribution in [-0.2, 0) is 0 Å². The second-order valence-electron chi connectivity index (χ2n) is 3.62. The molecule has 0 atom stereocenters. The molecule has 2 aromatic rings. The summed E-state index contributed by atoms with van der Waals surface area (Å²) in [7, 11) is 0. The van der Waals surface area contributed by atoms with Crippen molar-refractivity contribution >= 4 is 5.97 Å². The van der Waals surface area contributed by atoms with Crippen molar-refractivity contribution in [2.24, 2.45) is 0 Å². The molecule has 2 rings (SSSR count). The molecule has 7 heteroatoms. The average molecular weight is 278 g/mol. The number of rotatable bonds is 2. The lowest BCUT2D eigenvalue weighted by molar-refractivity contribution is 0.0727. The van der Waals surface area contributed by atoms with Crippen LogP contribution in [0.1, 0.15) is 15.9 Å². The van der Waals surface area contributed by atoms with Gasteiger partial charge in [-0.25, -0.2) is 9.18 Å². The second-order valence-corrected chi connectivity index (χ2v) is 3.62. The topological polar surface area (TPSA) is 63.0 Å². The van der Waals surface area contributed by atoms with E-state index in [-0.39, 0.29) is 5.75 Å². The van der Waals surface area contributed by atoms with E-state index in [1.54, 1.807) is 0 Å².